The number of carbonyl (C=O) groups excluding carboxylic acids is 3. The quantitative estimate of drug-likeness (QED) is 0.0811. The number of rotatable bonds is 17. The van der Waals surface area contributed by atoms with E-state index in [1.54, 1.807) is 45.3 Å². The highest BCUT2D eigenvalue weighted by molar-refractivity contribution is 7.21. The third-order valence-corrected chi connectivity index (χ3v) is 8.99. The monoisotopic (exact) mass is 657 g/mol. The lowest BCUT2D eigenvalue weighted by Gasteiger charge is -2.15. The van der Waals surface area contributed by atoms with Crippen molar-refractivity contribution in [2.24, 2.45) is 0 Å². The van der Waals surface area contributed by atoms with Crippen LogP contribution < -0.4 is 18.9 Å². The van der Waals surface area contributed by atoms with E-state index in [9.17, 15) is 19.2 Å². The molecule has 0 radical (unpaired) electrons. The molecule has 0 unspecified atom stereocenters. The molecular weight excluding hydrogens is 622 g/mol. The predicted octanol–water partition coefficient (Wildman–Crippen LogP) is 6.05. The number of thiophene rings is 2. The largest absolute Gasteiger partial charge is 0.493 e. The van der Waals surface area contributed by atoms with Crippen molar-refractivity contribution in [3.8, 4) is 23.0 Å². The molecule has 0 saturated heterocycles. The first-order valence-electron chi connectivity index (χ1n) is 14.3. The van der Waals surface area contributed by atoms with Crippen LogP contribution in [0, 0.1) is 0 Å². The molecule has 1 N–H and O–H groups in total. The molecule has 0 fully saturated rings. The summed E-state index contributed by atoms with van der Waals surface area (Å²) in [5.74, 6) is 0.376. The lowest BCUT2D eigenvalue weighted by Crippen LogP contribution is -2.28. The molecule has 11 nitrogen and oxygen atoms in total. The highest BCUT2D eigenvalue weighted by atomic mass is 32.1. The van der Waals surface area contributed by atoms with Crippen molar-refractivity contribution in [3.05, 3.63) is 46.2 Å². The number of aliphatic carboxylic acids is 1. The van der Waals surface area contributed by atoms with Gasteiger partial charge in [0.15, 0.2) is 28.8 Å². The SMILES string of the molecule is CCOC(=O)CCN(C)C(=O)c1cc2cc(OCCCOc3cc4cc(C(=O)CCC(=O)O)sc4cc3OC)c(OC)cc2s1. The summed E-state index contributed by atoms with van der Waals surface area (Å²) in [4.78, 5) is 50.4. The van der Waals surface area contributed by atoms with Gasteiger partial charge < -0.3 is 33.7 Å². The van der Waals surface area contributed by atoms with Gasteiger partial charge in [-0.3, -0.25) is 19.2 Å². The van der Waals surface area contributed by atoms with Crippen molar-refractivity contribution in [1.29, 1.82) is 0 Å². The van der Waals surface area contributed by atoms with Gasteiger partial charge in [-0.15, -0.1) is 22.7 Å². The van der Waals surface area contributed by atoms with Gasteiger partial charge in [-0.2, -0.15) is 0 Å². The Hall–Kier alpha value is -4.36. The van der Waals surface area contributed by atoms with Crippen LogP contribution in [0.1, 0.15) is 52.0 Å². The summed E-state index contributed by atoms with van der Waals surface area (Å²) < 4.78 is 29.7. The number of carbonyl (C=O) groups is 4. The van der Waals surface area contributed by atoms with E-state index in [-0.39, 0.29) is 43.5 Å². The number of esters is 1. The number of fused-ring (bicyclic) bond motifs is 2. The Balaban J connectivity index is 1.35. The Bertz CT molecular complexity index is 1690. The second-order valence-electron chi connectivity index (χ2n) is 9.95. The molecule has 45 heavy (non-hydrogen) atoms. The maximum absolute atomic E-state index is 12.9. The number of nitrogens with zero attached hydrogens (tertiary/aromatic N) is 1. The maximum atomic E-state index is 12.9. The molecule has 2 aromatic carbocycles. The zero-order valence-electron chi connectivity index (χ0n) is 25.5. The summed E-state index contributed by atoms with van der Waals surface area (Å²) in [5, 5.41) is 10.5. The topological polar surface area (TPSA) is 138 Å². The van der Waals surface area contributed by atoms with Crippen molar-refractivity contribution < 1.29 is 48.0 Å². The summed E-state index contributed by atoms with van der Waals surface area (Å²) in [7, 11) is 4.75. The molecule has 0 spiro atoms. The summed E-state index contributed by atoms with van der Waals surface area (Å²) in [6.07, 6.45) is 0.410. The van der Waals surface area contributed by atoms with E-state index in [1.807, 2.05) is 12.1 Å². The number of methoxy groups -OCH3 is 2. The number of ketones is 1. The van der Waals surface area contributed by atoms with Crippen molar-refractivity contribution in [2.75, 3.05) is 47.6 Å². The predicted molar refractivity (Wildman–Crippen MR) is 172 cm³/mol. The van der Waals surface area contributed by atoms with E-state index in [0.717, 1.165) is 20.2 Å². The van der Waals surface area contributed by atoms with Crippen molar-refractivity contribution in [1.82, 2.24) is 4.90 Å². The molecule has 0 aliphatic heterocycles. The minimum atomic E-state index is -1.01. The van der Waals surface area contributed by atoms with Crippen molar-refractivity contribution in [2.45, 2.75) is 32.6 Å². The van der Waals surface area contributed by atoms with Crippen LogP contribution in [0.25, 0.3) is 20.2 Å². The maximum Gasteiger partial charge on any atom is 0.307 e. The van der Waals surface area contributed by atoms with Gasteiger partial charge in [0.05, 0.1) is 56.6 Å². The van der Waals surface area contributed by atoms with E-state index in [2.05, 4.69) is 0 Å². The van der Waals surface area contributed by atoms with Crippen LogP contribution in [0.5, 0.6) is 23.0 Å². The normalized spacial score (nSPS) is 10.9. The fourth-order valence-corrected chi connectivity index (χ4v) is 6.54. The molecule has 0 bridgehead atoms. The fraction of sp³-hybridized carbons (Fsp3) is 0.375. The molecule has 0 saturated carbocycles. The van der Waals surface area contributed by atoms with Crippen LogP contribution in [-0.2, 0) is 14.3 Å². The third kappa shape index (κ3) is 8.64. The van der Waals surface area contributed by atoms with E-state index in [0.29, 0.717) is 59.0 Å². The standard InChI is InChI=1S/C32H35NO10S2/c1-5-41-31(37)9-10-33(2)32(38)29-16-20-14-25(23(40-4)18-27(20)45-29)43-12-6-11-42-24-13-19-15-28(21(34)7-8-30(35)36)44-26(19)17-22(24)39-3/h13-18H,5-12H2,1-4H3,(H,35,36). The Morgan fingerprint density at radius 3 is 1.84 bits per heavy atom. The first-order chi connectivity index (χ1) is 21.6. The lowest BCUT2D eigenvalue weighted by atomic mass is 10.1. The minimum absolute atomic E-state index is 0.0536. The van der Waals surface area contributed by atoms with Gasteiger partial charge in [-0.25, -0.2) is 0 Å². The van der Waals surface area contributed by atoms with E-state index in [4.69, 9.17) is 28.8 Å². The summed E-state index contributed by atoms with van der Waals surface area (Å²) in [6, 6.07) is 10.8. The molecule has 13 heteroatoms. The second kappa shape index (κ2) is 15.6. The number of Topliss-reactive ketones (excluding diaryl/α,β-unsaturated/α-hetero) is 1. The highest BCUT2D eigenvalue weighted by Crippen LogP contribution is 2.38. The summed E-state index contributed by atoms with van der Waals surface area (Å²) in [5.41, 5.74) is 0. The van der Waals surface area contributed by atoms with E-state index < -0.39 is 5.97 Å². The van der Waals surface area contributed by atoms with Gasteiger partial charge in [-0.05, 0) is 42.0 Å². The van der Waals surface area contributed by atoms with Gasteiger partial charge in [0.2, 0.25) is 0 Å². The number of amides is 1. The molecule has 0 aliphatic rings. The third-order valence-electron chi connectivity index (χ3n) is 6.76. The zero-order valence-corrected chi connectivity index (χ0v) is 27.1. The van der Waals surface area contributed by atoms with Crippen LogP contribution in [0.4, 0.5) is 0 Å². The number of carboxylic acids is 1. The molecule has 0 atom stereocenters. The van der Waals surface area contributed by atoms with Crippen LogP contribution >= 0.6 is 22.7 Å². The van der Waals surface area contributed by atoms with Crippen LogP contribution in [0.3, 0.4) is 0 Å². The Morgan fingerprint density at radius 1 is 0.756 bits per heavy atom. The van der Waals surface area contributed by atoms with Gasteiger partial charge in [0, 0.05) is 48.0 Å². The summed E-state index contributed by atoms with van der Waals surface area (Å²) in [6.45, 7) is 2.96. The lowest BCUT2D eigenvalue weighted by molar-refractivity contribution is -0.143. The van der Waals surface area contributed by atoms with Gasteiger partial charge in [0.1, 0.15) is 0 Å². The Kier molecular flexibility index (Phi) is 11.6. The van der Waals surface area contributed by atoms with Crippen LogP contribution in [0.15, 0.2) is 36.4 Å². The smallest absolute Gasteiger partial charge is 0.307 e. The fourth-order valence-electron chi connectivity index (χ4n) is 4.43. The highest BCUT2D eigenvalue weighted by Gasteiger charge is 2.19. The molecule has 4 aromatic rings. The zero-order chi connectivity index (χ0) is 32.5. The molecule has 4 rings (SSSR count). The number of ether oxygens (including phenoxy) is 5. The number of benzene rings is 2. The summed E-state index contributed by atoms with van der Waals surface area (Å²) >= 11 is 2.63. The van der Waals surface area contributed by atoms with Crippen LogP contribution in [0.2, 0.25) is 0 Å². The average molecular weight is 658 g/mol. The van der Waals surface area contributed by atoms with Crippen molar-refractivity contribution >= 4 is 66.5 Å². The molecule has 0 aliphatic carbocycles. The molecule has 1 amide bonds. The number of hydrogen-bond acceptors (Lipinski definition) is 11. The van der Waals surface area contributed by atoms with Crippen molar-refractivity contribution in [3.63, 3.8) is 0 Å². The first kappa shape index (κ1) is 33.5. The van der Waals surface area contributed by atoms with Gasteiger partial charge in [0.25, 0.3) is 5.91 Å². The van der Waals surface area contributed by atoms with E-state index >= 15 is 0 Å². The van der Waals surface area contributed by atoms with E-state index in [1.165, 1.54) is 34.7 Å². The van der Waals surface area contributed by atoms with Gasteiger partial charge >= 0.3 is 11.9 Å². The molecule has 240 valence electrons. The number of carboxylic acid groups (broad SMARTS) is 1. The Morgan fingerprint density at radius 2 is 1.31 bits per heavy atom. The second-order valence-corrected chi connectivity index (χ2v) is 12.1. The first-order valence-corrected chi connectivity index (χ1v) is 15.9. The molecule has 2 heterocycles. The minimum Gasteiger partial charge on any atom is -0.493 e. The van der Waals surface area contributed by atoms with Crippen LogP contribution in [-0.4, -0.2) is 81.3 Å². The van der Waals surface area contributed by atoms with Gasteiger partial charge in [-0.1, -0.05) is 0 Å². The molecular formula is C32H35NO10S2. The molecule has 2 aromatic heterocycles. The average Bonchev–Trinajstić information content (AvgIpc) is 3.64. The number of hydrogen-bond donors (Lipinski definition) is 1. The Labute approximate surface area is 268 Å².